The molecule has 25 heavy (non-hydrogen) atoms. The summed E-state index contributed by atoms with van der Waals surface area (Å²) in [5.41, 5.74) is 1.03. The Hall–Kier alpha value is -2.06. The highest BCUT2D eigenvalue weighted by molar-refractivity contribution is 5.89. The van der Waals surface area contributed by atoms with Gasteiger partial charge in [-0.05, 0) is 47.1 Å². The van der Waals surface area contributed by atoms with E-state index >= 15 is 0 Å². The SMILES string of the molecule is CCOC(=O)c1[nH]c(C)c(C(O)C(O)CNC(=O)OC(C)(C)C)c1C. The summed E-state index contributed by atoms with van der Waals surface area (Å²) in [6.07, 6.45) is -3.24. The highest BCUT2D eigenvalue weighted by Crippen LogP contribution is 2.27. The molecule has 0 bridgehead atoms. The molecule has 0 spiro atoms. The van der Waals surface area contributed by atoms with Crippen LogP contribution in [0.1, 0.15) is 61.1 Å². The summed E-state index contributed by atoms with van der Waals surface area (Å²) in [4.78, 5) is 26.4. The third kappa shape index (κ3) is 5.75. The van der Waals surface area contributed by atoms with E-state index in [0.717, 1.165) is 0 Å². The lowest BCUT2D eigenvalue weighted by molar-refractivity contribution is 0.0124. The molecule has 1 aromatic rings. The normalized spacial score (nSPS) is 13.9. The van der Waals surface area contributed by atoms with Crippen molar-refractivity contribution in [1.29, 1.82) is 0 Å². The van der Waals surface area contributed by atoms with Crippen LogP contribution in [0.4, 0.5) is 4.79 Å². The van der Waals surface area contributed by atoms with Gasteiger partial charge in [0.2, 0.25) is 0 Å². The van der Waals surface area contributed by atoms with E-state index in [0.29, 0.717) is 16.8 Å². The molecule has 0 aromatic carbocycles. The molecular formula is C17H28N2O6. The Kier molecular flexibility index (Phi) is 7.01. The summed E-state index contributed by atoms with van der Waals surface area (Å²) in [5.74, 6) is -0.525. The maximum Gasteiger partial charge on any atom is 0.407 e. The van der Waals surface area contributed by atoms with Gasteiger partial charge in [0.25, 0.3) is 0 Å². The lowest BCUT2D eigenvalue weighted by Gasteiger charge is -2.22. The molecule has 0 aliphatic heterocycles. The van der Waals surface area contributed by atoms with Crippen molar-refractivity contribution in [3.63, 3.8) is 0 Å². The maximum atomic E-state index is 11.9. The number of aliphatic hydroxyl groups excluding tert-OH is 2. The molecule has 1 rings (SSSR count). The van der Waals surface area contributed by atoms with Gasteiger partial charge < -0.3 is 30.0 Å². The number of aromatic amines is 1. The van der Waals surface area contributed by atoms with E-state index in [4.69, 9.17) is 9.47 Å². The van der Waals surface area contributed by atoms with Crippen molar-refractivity contribution in [2.75, 3.05) is 13.2 Å². The zero-order valence-corrected chi connectivity index (χ0v) is 15.6. The van der Waals surface area contributed by atoms with Crippen LogP contribution in [0.5, 0.6) is 0 Å². The molecular weight excluding hydrogens is 328 g/mol. The Morgan fingerprint density at radius 2 is 1.84 bits per heavy atom. The summed E-state index contributed by atoms with van der Waals surface area (Å²) < 4.78 is 10.0. The second-order valence-corrected chi connectivity index (χ2v) is 6.78. The number of hydrogen-bond acceptors (Lipinski definition) is 6. The molecule has 142 valence electrons. The zero-order chi connectivity index (χ0) is 19.4. The van der Waals surface area contributed by atoms with Gasteiger partial charge in [-0.2, -0.15) is 0 Å². The smallest absolute Gasteiger partial charge is 0.407 e. The molecule has 2 unspecified atom stereocenters. The minimum Gasteiger partial charge on any atom is -0.461 e. The number of hydrogen-bond donors (Lipinski definition) is 4. The van der Waals surface area contributed by atoms with Crippen molar-refractivity contribution < 1.29 is 29.3 Å². The fourth-order valence-electron chi connectivity index (χ4n) is 2.42. The van der Waals surface area contributed by atoms with Gasteiger partial charge in [-0.3, -0.25) is 0 Å². The molecule has 0 aliphatic rings. The van der Waals surface area contributed by atoms with E-state index in [-0.39, 0.29) is 18.8 Å². The molecule has 1 heterocycles. The molecule has 0 aliphatic carbocycles. The second-order valence-electron chi connectivity index (χ2n) is 6.78. The van der Waals surface area contributed by atoms with E-state index in [2.05, 4.69) is 10.3 Å². The standard InChI is InChI=1S/C17H28N2O6/c1-7-24-15(22)13-9(2)12(10(3)19-13)14(21)11(20)8-18-16(23)25-17(4,5)6/h11,14,19-21H,7-8H2,1-6H3,(H,18,23). The molecule has 1 amide bonds. The van der Waals surface area contributed by atoms with Gasteiger partial charge in [0, 0.05) is 17.8 Å². The predicted octanol–water partition coefficient (Wildman–Crippen LogP) is 1.73. The Morgan fingerprint density at radius 3 is 2.36 bits per heavy atom. The first-order valence-corrected chi connectivity index (χ1v) is 8.17. The first-order chi connectivity index (χ1) is 11.5. The first kappa shape index (κ1) is 21.0. The van der Waals surface area contributed by atoms with Crippen molar-refractivity contribution in [3.8, 4) is 0 Å². The lowest BCUT2D eigenvalue weighted by atomic mass is 10.00. The predicted molar refractivity (Wildman–Crippen MR) is 91.4 cm³/mol. The van der Waals surface area contributed by atoms with Crippen LogP contribution in [0.3, 0.4) is 0 Å². The minimum atomic E-state index is -1.28. The number of aromatic nitrogens is 1. The summed E-state index contributed by atoms with van der Waals surface area (Å²) in [7, 11) is 0. The molecule has 0 radical (unpaired) electrons. The van der Waals surface area contributed by atoms with Crippen LogP contribution >= 0.6 is 0 Å². The van der Waals surface area contributed by atoms with Crippen LogP contribution < -0.4 is 5.32 Å². The highest BCUT2D eigenvalue weighted by atomic mass is 16.6. The Labute approximate surface area is 147 Å². The number of aryl methyl sites for hydroxylation is 1. The summed E-state index contributed by atoms with van der Waals surface area (Å²) in [6, 6.07) is 0. The molecule has 0 saturated heterocycles. The summed E-state index contributed by atoms with van der Waals surface area (Å²) in [5, 5.41) is 23.0. The molecule has 8 nitrogen and oxygen atoms in total. The number of nitrogens with one attached hydrogen (secondary N) is 2. The topological polar surface area (TPSA) is 121 Å². The van der Waals surface area contributed by atoms with Crippen LogP contribution in [-0.2, 0) is 9.47 Å². The Morgan fingerprint density at radius 1 is 1.24 bits per heavy atom. The molecule has 8 heteroatoms. The van der Waals surface area contributed by atoms with Crippen LogP contribution in [0, 0.1) is 13.8 Å². The number of esters is 1. The minimum absolute atomic E-state index is 0.200. The van der Waals surface area contributed by atoms with Gasteiger partial charge in [-0.15, -0.1) is 0 Å². The molecule has 1 aromatic heterocycles. The molecule has 2 atom stereocenters. The molecule has 0 fully saturated rings. The van der Waals surface area contributed by atoms with E-state index in [1.165, 1.54) is 0 Å². The summed E-state index contributed by atoms with van der Waals surface area (Å²) >= 11 is 0. The number of H-pyrrole nitrogens is 1. The van der Waals surface area contributed by atoms with Crippen molar-refractivity contribution in [2.45, 2.75) is 59.4 Å². The van der Waals surface area contributed by atoms with Gasteiger partial charge in [0.1, 0.15) is 23.5 Å². The Bertz CT molecular complexity index is 617. The summed E-state index contributed by atoms with van der Waals surface area (Å²) in [6.45, 7) is 10.2. The highest BCUT2D eigenvalue weighted by Gasteiger charge is 2.28. The van der Waals surface area contributed by atoms with Crippen molar-refractivity contribution in [3.05, 3.63) is 22.5 Å². The number of rotatable bonds is 6. The van der Waals surface area contributed by atoms with Crippen LogP contribution in [0.2, 0.25) is 0 Å². The van der Waals surface area contributed by atoms with E-state index in [1.54, 1.807) is 41.5 Å². The largest absolute Gasteiger partial charge is 0.461 e. The van der Waals surface area contributed by atoms with E-state index in [1.807, 2.05) is 0 Å². The number of carbonyl (C=O) groups is 2. The zero-order valence-electron chi connectivity index (χ0n) is 15.6. The van der Waals surface area contributed by atoms with Crippen LogP contribution in [0.15, 0.2) is 0 Å². The van der Waals surface area contributed by atoms with Gasteiger partial charge in [-0.1, -0.05) is 0 Å². The van der Waals surface area contributed by atoms with Crippen LogP contribution in [-0.4, -0.2) is 52.1 Å². The quantitative estimate of drug-likeness (QED) is 0.576. The Balaban J connectivity index is 2.81. The van der Waals surface area contributed by atoms with Gasteiger partial charge >= 0.3 is 12.1 Å². The number of ether oxygens (including phenoxy) is 2. The lowest BCUT2D eigenvalue weighted by Crippen LogP contribution is -2.39. The number of amides is 1. The van der Waals surface area contributed by atoms with Gasteiger partial charge in [0.05, 0.1) is 6.61 Å². The monoisotopic (exact) mass is 356 g/mol. The van der Waals surface area contributed by atoms with Gasteiger partial charge in [-0.25, -0.2) is 9.59 Å². The van der Waals surface area contributed by atoms with Crippen LogP contribution in [0.25, 0.3) is 0 Å². The van der Waals surface area contributed by atoms with Crippen molar-refractivity contribution in [1.82, 2.24) is 10.3 Å². The fourth-order valence-corrected chi connectivity index (χ4v) is 2.42. The third-order valence-electron chi connectivity index (χ3n) is 3.49. The third-order valence-corrected chi connectivity index (χ3v) is 3.49. The number of carbonyl (C=O) groups excluding carboxylic acids is 2. The number of alkyl carbamates (subject to hydrolysis) is 1. The van der Waals surface area contributed by atoms with Crippen molar-refractivity contribution in [2.24, 2.45) is 0 Å². The second kappa shape index (κ2) is 8.35. The average Bonchev–Trinajstić information content (AvgIpc) is 2.77. The maximum absolute atomic E-state index is 11.9. The first-order valence-electron chi connectivity index (χ1n) is 8.17. The molecule has 0 saturated carbocycles. The fraction of sp³-hybridized carbons (Fsp3) is 0.647. The number of aliphatic hydroxyl groups is 2. The average molecular weight is 356 g/mol. The van der Waals surface area contributed by atoms with Gasteiger partial charge in [0.15, 0.2) is 0 Å². The van der Waals surface area contributed by atoms with E-state index < -0.39 is 29.9 Å². The van der Waals surface area contributed by atoms with Crippen molar-refractivity contribution >= 4 is 12.1 Å². The van der Waals surface area contributed by atoms with E-state index in [9.17, 15) is 19.8 Å². The molecule has 4 N–H and O–H groups in total.